The average Bonchev–Trinajstić information content (AvgIpc) is 3.57. The van der Waals surface area contributed by atoms with Crippen molar-refractivity contribution in [1.29, 1.82) is 0 Å². The fourth-order valence-corrected chi connectivity index (χ4v) is 4.94. The van der Waals surface area contributed by atoms with E-state index in [0.29, 0.717) is 42.6 Å². The normalized spacial score (nSPS) is 12.9. The van der Waals surface area contributed by atoms with Crippen LogP contribution in [0.15, 0.2) is 75.5 Å². The van der Waals surface area contributed by atoms with Crippen molar-refractivity contribution < 1.29 is 27.0 Å². The van der Waals surface area contributed by atoms with Gasteiger partial charge in [-0.05, 0) is 42.8 Å². The van der Waals surface area contributed by atoms with Gasteiger partial charge in [0.25, 0.3) is 0 Å². The first-order valence-corrected chi connectivity index (χ1v) is 12.5. The number of methoxy groups -OCH3 is 1. The molecule has 2 aromatic carbocycles. The third kappa shape index (κ3) is 4.80. The number of rotatable bonds is 9. The molecule has 0 amide bonds. The summed E-state index contributed by atoms with van der Waals surface area (Å²) in [5, 5.41) is 2.91. The molecule has 0 spiro atoms. The van der Waals surface area contributed by atoms with E-state index < -0.39 is 9.84 Å². The van der Waals surface area contributed by atoms with E-state index in [4.69, 9.17) is 18.6 Å². The number of nitrogens with one attached hydrogen (secondary N) is 1. The zero-order valence-corrected chi connectivity index (χ0v) is 19.8. The quantitative estimate of drug-likeness (QED) is 0.346. The lowest BCUT2D eigenvalue weighted by molar-refractivity contribution is 0.171. The fourth-order valence-electron chi connectivity index (χ4n) is 3.64. The Labute approximate surface area is 202 Å². The number of nitrogens with zero attached hydrogens (tertiary/aromatic N) is 3. The maximum Gasteiger partial charge on any atom is 0.233 e. The summed E-state index contributed by atoms with van der Waals surface area (Å²) < 4.78 is 51.4. The molecule has 11 heteroatoms. The Morgan fingerprint density at radius 1 is 1.09 bits per heavy atom. The minimum absolute atomic E-state index is 0.0396. The van der Waals surface area contributed by atoms with Crippen molar-refractivity contribution >= 4 is 15.7 Å². The summed E-state index contributed by atoms with van der Waals surface area (Å²) in [6.07, 6.45) is 6.03. The van der Waals surface area contributed by atoms with Gasteiger partial charge in [0.1, 0.15) is 19.0 Å². The van der Waals surface area contributed by atoms with Gasteiger partial charge in [0.2, 0.25) is 26.6 Å². The van der Waals surface area contributed by atoms with Gasteiger partial charge in [-0.2, -0.15) is 4.98 Å². The van der Waals surface area contributed by atoms with E-state index in [9.17, 15) is 8.42 Å². The Balaban J connectivity index is 1.46. The van der Waals surface area contributed by atoms with Crippen molar-refractivity contribution in [3.05, 3.63) is 61.2 Å². The molecule has 0 unspecified atom stereocenters. The predicted molar refractivity (Wildman–Crippen MR) is 127 cm³/mol. The molecule has 10 nitrogen and oxygen atoms in total. The molecule has 0 bridgehead atoms. The second-order valence-electron chi connectivity index (χ2n) is 7.77. The number of aromatic nitrogens is 3. The summed E-state index contributed by atoms with van der Waals surface area (Å²) in [6, 6.07) is 11.5. The molecule has 5 rings (SSSR count). The molecule has 0 aliphatic carbocycles. The van der Waals surface area contributed by atoms with Crippen molar-refractivity contribution in [2.45, 2.75) is 22.9 Å². The van der Waals surface area contributed by atoms with Crippen LogP contribution in [0.3, 0.4) is 0 Å². The van der Waals surface area contributed by atoms with Gasteiger partial charge in [-0.15, -0.1) is 0 Å². The van der Waals surface area contributed by atoms with E-state index in [1.807, 2.05) is 10.8 Å². The molecule has 0 saturated carbocycles. The molecule has 4 aromatic rings. The van der Waals surface area contributed by atoms with Crippen LogP contribution in [0, 0.1) is 0 Å². The number of aryl methyl sites for hydroxylation is 1. The van der Waals surface area contributed by atoms with Gasteiger partial charge < -0.3 is 28.5 Å². The number of hydrogen-bond donors (Lipinski definition) is 1. The van der Waals surface area contributed by atoms with Crippen molar-refractivity contribution in [3.8, 4) is 28.7 Å². The highest BCUT2D eigenvalue weighted by molar-refractivity contribution is 7.91. The molecule has 0 radical (unpaired) electrons. The molecule has 1 aliphatic rings. The summed E-state index contributed by atoms with van der Waals surface area (Å²) in [5.41, 5.74) is 0.621. The Bertz CT molecular complexity index is 1400. The summed E-state index contributed by atoms with van der Waals surface area (Å²) >= 11 is 0. The van der Waals surface area contributed by atoms with Gasteiger partial charge in [-0.1, -0.05) is 0 Å². The molecule has 3 heterocycles. The molecule has 35 heavy (non-hydrogen) atoms. The fraction of sp³-hybridized carbons (Fsp3) is 0.250. The van der Waals surface area contributed by atoms with E-state index in [-0.39, 0.29) is 21.7 Å². The second kappa shape index (κ2) is 9.71. The first kappa shape index (κ1) is 22.8. The first-order valence-electron chi connectivity index (χ1n) is 11.0. The zero-order chi connectivity index (χ0) is 24.3. The van der Waals surface area contributed by atoms with Crippen LogP contribution in [0.4, 0.5) is 5.88 Å². The summed E-state index contributed by atoms with van der Waals surface area (Å²) in [4.78, 5) is 8.44. The number of fused-ring (bicyclic) bond motifs is 1. The topological polar surface area (TPSA) is 118 Å². The highest BCUT2D eigenvalue weighted by atomic mass is 32.2. The number of ether oxygens (including phenoxy) is 3. The number of sulfone groups is 1. The van der Waals surface area contributed by atoms with E-state index >= 15 is 0 Å². The van der Waals surface area contributed by atoms with Gasteiger partial charge >= 0.3 is 0 Å². The lowest BCUT2D eigenvalue weighted by Crippen LogP contribution is -2.16. The maximum absolute atomic E-state index is 13.6. The van der Waals surface area contributed by atoms with Crippen LogP contribution < -0.4 is 19.5 Å². The maximum atomic E-state index is 13.6. The van der Waals surface area contributed by atoms with E-state index in [2.05, 4.69) is 15.3 Å². The third-order valence-electron chi connectivity index (χ3n) is 5.45. The molecule has 1 aliphatic heterocycles. The average molecular weight is 497 g/mol. The number of benzene rings is 2. The van der Waals surface area contributed by atoms with E-state index in [1.165, 1.54) is 12.1 Å². The van der Waals surface area contributed by atoms with Crippen molar-refractivity contribution in [3.63, 3.8) is 0 Å². The minimum Gasteiger partial charge on any atom is -0.497 e. The van der Waals surface area contributed by atoms with Crippen LogP contribution in [0.1, 0.15) is 6.42 Å². The summed E-state index contributed by atoms with van der Waals surface area (Å²) in [5.74, 6) is 1.82. The van der Waals surface area contributed by atoms with Gasteiger partial charge in [-0.25, -0.2) is 13.4 Å². The first-order chi connectivity index (χ1) is 17.0. The third-order valence-corrected chi connectivity index (χ3v) is 7.11. The second-order valence-corrected chi connectivity index (χ2v) is 9.64. The SMILES string of the molecule is COc1ccc(-c2nc(S(=O)(=O)c3ccc4c(c3)OCCO4)c(NCCCn3ccnc3)o2)cc1. The van der Waals surface area contributed by atoms with Gasteiger partial charge in [0.15, 0.2) is 11.5 Å². The van der Waals surface area contributed by atoms with Crippen LogP contribution in [-0.4, -0.2) is 49.8 Å². The van der Waals surface area contributed by atoms with Crippen molar-refractivity contribution in [2.24, 2.45) is 0 Å². The minimum atomic E-state index is -4.03. The Hall–Kier alpha value is -3.99. The lowest BCUT2D eigenvalue weighted by Gasteiger charge is -2.18. The highest BCUT2D eigenvalue weighted by Gasteiger charge is 2.30. The monoisotopic (exact) mass is 496 g/mol. The van der Waals surface area contributed by atoms with Crippen LogP contribution >= 0.6 is 0 Å². The van der Waals surface area contributed by atoms with Crippen LogP contribution in [0.25, 0.3) is 11.5 Å². The highest BCUT2D eigenvalue weighted by Crippen LogP contribution is 2.37. The summed E-state index contributed by atoms with van der Waals surface area (Å²) in [7, 11) is -2.45. The Morgan fingerprint density at radius 2 is 1.89 bits per heavy atom. The molecular weight excluding hydrogens is 472 g/mol. The Kier molecular flexibility index (Phi) is 6.32. The predicted octanol–water partition coefficient (Wildman–Crippen LogP) is 3.65. The van der Waals surface area contributed by atoms with Gasteiger partial charge in [-0.3, -0.25) is 0 Å². The summed E-state index contributed by atoms with van der Waals surface area (Å²) in [6.45, 7) is 1.96. The molecule has 1 N–H and O–H groups in total. The number of oxazole rings is 1. The van der Waals surface area contributed by atoms with Gasteiger partial charge in [0.05, 0.1) is 18.3 Å². The molecule has 2 aromatic heterocycles. The smallest absolute Gasteiger partial charge is 0.233 e. The van der Waals surface area contributed by atoms with Gasteiger partial charge in [0, 0.05) is 37.1 Å². The van der Waals surface area contributed by atoms with Crippen LogP contribution in [-0.2, 0) is 16.4 Å². The van der Waals surface area contributed by atoms with E-state index in [1.54, 1.807) is 50.0 Å². The zero-order valence-electron chi connectivity index (χ0n) is 19.0. The lowest BCUT2D eigenvalue weighted by atomic mass is 10.2. The largest absolute Gasteiger partial charge is 0.497 e. The van der Waals surface area contributed by atoms with Crippen molar-refractivity contribution in [1.82, 2.24) is 14.5 Å². The van der Waals surface area contributed by atoms with Crippen LogP contribution in [0.2, 0.25) is 0 Å². The molecular formula is C24H24N4O6S. The van der Waals surface area contributed by atoms with Crippen molar-refractivity contribution in [2.75, 3.05) is 32.2 Å². The Morgan fingerprint density at radius 3 is 2.63 bits per heavy atom. The standard InChI is InChI=1S/C24H24N4O6S/c1-31-18-5-3-17(4-6-18)22-27-24(23(34-22)26-9-2-11-28-12-10-25-16-28)35(29,30)19-7-8-20-21(15-19)33-14-13-32-20/h3-8,10,12,15-16,26H,2,9,11,13-14H2,1H3. The van der Waals surface area contributed by atoms with Crippen LogP contribution in [0.5, 0.6) is 17.2 Å². The molecule has 0 saturated heterocycles. The molecule has 0 atom stereocenters. The molecule has 0 fully saturated rings. The number of hydrogen-bond acceptors (Lipinski definition) is 9. The number of imidazole rings is 1. The van der Waals surface area contributed by atoms with E-state index in [0.717, 1.165) is 13.0 Å². The number of anilines is 1. The molecule has 182 valence electrons.